The first-order chi connectivity index (χ1) is 17.4. The molecule has 0 aromatic heterocycles. The van der Waals surface area contributed by atoms with Gasteiger partial charge >= 0.3 is 12.1 Å². The van der Waals surface area contributed by atoms with Crippen LogP contribution in [0, 0.1) is 0 Å². The highest BCUT2D eigenvalue weighted by molar-refractivity contribution is 5.92. The number of hydrogen-bond donors (Lipinski definition) is 0. The normalized spacial score (nSPS) is 11.1. The van der Waals surface area contributed by atoms with Crippen LogP contribution in [0.4, 0.5) is 13.2 Å². The highest BCUT2D eigenvalue weighted by Crippen LogP contribution is 2.40. The lowest BCUT2D eigenvalue weighted by Gasteiger charge is -2.19. The van der Waals surface area contributed by atoms with Gasteiger partial charge in [0.1, 0.15) is 19.8 Å². The number of carbonyl (C=O) groups excluding carboxylic acids is 1. The Hall–Kier alpha value is -4.26. The summed E-state index contributed by atoms with van der Waals surface area (Å²) < 4.78 is 58.7. The van der Waals surface area contributed by atoms with Crippen molar-refractivity contribution in [2.45, 2.75) is 26.0 Å². The molecule has 0 unspecified atom stereocenters. The van der Waals surface area contributed by atoms with E-state index in [1.54, 1.807) is 54.6 Å². The lowest BCUT2D eigenvalue weighted by molar-refractivity contribution is -0.138. The highest BCUT2D eigenvalue weighted by atomic mass is 19.4. The van der Waals surface area contributed by atoms with E-state index in [-0.39, 0.29) is 31.3 Å². The molecule has 0 aliphatic heterocycles. The van der Waals surface area contributed by atoms with Gasteiger partial charge in [-0.1, -0.05) is 91.0 Å². The zero-order valence-electron chi connectivity index (χ0n) is 19.2. The van der Waals surface area contributed by atoms with E-state index >= 15 is 0 Å². The third kappa shape index (κ3) is 6.66. The van der Waals surface area contributed by atoms with Crippen molar-refractivity contribution in [3.05, 3.63) is 131 Å². The molecule has 0 aliphatic carbocycles. The molecule has 0 fully saturated rings. The molecule has 4 nitrogen and oxygen atoms in total. The minimum absolute atomic E-state index is 0.00875. The van der Waals surface area contributed by atoms with Gasteiger partial charge in [-0.15, -0.1) is 0 Å². The van der Waals surface area contributed by atoms with Gasteiger partial charge in [-0.05, 0) is 28.8 Å². The summed E-state index contributed by atoms with van der Waals surface area (Å²) in [7, 11) is 0. The molecule has 0 radical (unpaired) electrons. The fraction of sp³-hybridized carbons (Fsp3) is 0.138. The van der Waals surface area contributed by atoms with Crippen LogP contribution >= 0.6 is 0 Å². The van der Waals surface area contributed by atoms with Crippen molar-refractivity contribution >= 4 is 5.97 Å². The number of esters is 1. The molecule has 0 amide bonds. The molecule has 0 bridgehead atoms. The molecule has 0 aliphatic rings. The van der Waals surface area contributed by atoms with Gasteiger partial charge in [-0.25, -0.2) is 4.79 Å². The zero-order valence-corrected chi connectivity index (χ0v) is 19.2. The van der Waals surface area contributed by atoms with Gasteiger partial charge in [-0.2, -0.15) is 13.2 Å². The molecular weight excluding hydrogens is 469 g/mol. The van der Waals surface area contributed by atoms with Gasteiger partial charge in [0.05, 0.1) is 11.1 Å². The monoisotopic (exact) mass is 492 g/mol. The SMILES string of the molecule is O=C(OCc1ccccc1)c1cc(OCc2ccccc2)c(OCc2ccccc2)cc1C(F)(F)F. The van der Waals surface area contributed by atoms with Gasteiger partial charge in [0.2, 0.25) is 0 Å². The number of ether oxygens (including phenoxy) is 3. The number of carbonyl (C=O) groups is 1. The lowest BCUT2D eigenvalue weighted by atomic mass is 10.1. The number of hydrogen-bond acceptors (Lipinski definition) is 4. The average molecular weight is 492 g/mol. The maximum absolute atomic E-state index is 14.0. The van der Waals surface area contributed by atoms with Gasteiger partial charge in [0, 0.05) is 0 Å². The Labute approximate surface area is 206 Å². The summed E-state index contributed by atoms with van der Waals surface area (Å²) in [5, 5.41) is 0. The average Bonchev–Trinajstić information content (AvgIpc) is 2.90. The lowest BCUT2D eigenvalue weighted by Crippen LogP contribution is -2.16. The number of alkyl halides is 3. The molecule has 36 heavy (non-hydrogen) atoms. The van der Waals surface area contributed by atoms with E-state index in [4.69, 9.17) is 14.2 Å². The topological polar surface area (TPSA) is 44.8 Å². The highest BCUT2D eigenvalue weighted by Gasteiger charge is 2.37. The van der Waals surface area contributed by atoms with Crippen molar-refractivity contribution in [1.29, 1.82) is 0 Å². The molecule has 4 rings (SSSR count). The summed E-state index contributed by atoms with van der Waals surface area (Å²) in [4.78, 5) is 12.8. The largest absolute Gasteiger partial charge is 0.485 e. The van der Waals surface area contributed by atoms with Crippen molar-refractivity contribution in [2.75, 3.05) is 0 Å². The second-order valence-electron chi connectivity index (χ2n) is 7.95. The summed E-state index contributed by atoms with van der Waals surface area (Å²) in [5.74, 6) is -1.22. The van der Waals surface area contributed by atoms with E-state index in [0.717, 1.165) is 23.3 Å². The van der Waals surface area contributed by atoms with Crippen molar-refractivity contribution in [3.8, 4) is 11.5 Å². The smallest absolute Gasteiger partial charge is 0.417 e. The molecule has 0 spiro atoms. The predicted molar refractivity (Wildman–Crippen MR) is 129 cm³/mol. The van der Waals surface area contributed by atoms with Crippen LogP contribution in [-0.2, 0) is 30.7 Å². The van der Waals surface area contributed by atoms with Crippen molar-refractivity contribution < 1.29 is 32.2 Å². The Balaban J connectivity index is 1.65. The van der Waals surface area contributed by atoms with E-state index in [9.17, 15) is 18.0 Å². The second kappa shape index (κ2) is 11.4. The van der Waals surface area contributed by atoms with Crippen LogP contribution in [0.3, 0.4) is 0 Å². The molecule has 0 saturated heterocycles. The van der Waals surface area contributed by atoms with Crippen molar-refractivity contribution in [1.82, 2.24) is 0 Å². The van der Waals surface area contributed by atoms with Crippen LogP contribution in [0.2, 0.25) is 0 Å². The standard InChI is InChI=1S/C29H23F3O4/c30-29(31,32)25-17-27(35-19-22-12-6-2-7-13-22)26(34-18-21-10-4-1-5-11-21)16-24(25)28(33)36-20-23-14-8-3-9-15-23/h1-17H,18-20H2. The second-order valence-corrected chi connectivity index (χ2v) is 7.95. The first-order valence-electron chi connectivity index (χ1n) is 11.2. The molecular formula is C29H23F3O4. The molecule has 4 aromatic rings. The Morgan fingerprint density at radius 3 is 1.47 bits per heavy atom. The van der Waals surface area contributed by atoms with Crippen LogP contribution in [0.5, 0.6) is 11.5 Å². The Morgan fingerprint density at radius 2 is 1.03 bits per heavy atom. The van der Waals surface area contributed by atoms with Gasteiger partial charge in [0.25, 0.3) is 0 Å². The summed E-state index contributed by atoms with van der Waals surface area (Å²) in [6.07, 6.45) is -4.82. The number of benzene rings is 4. The van der Waals surface area contributed by atoms with Crippen LogP contribution in [0.25, 0.3) is 0 Å². The molecule has 4 aromatic carbocycles. The quantitative estimate of drug-likeness (QED) is 0.232. The summed E-state index contributed by atoms with van der Waals surface area (Å²) in [6, 6.07) is 28.7. The van der Waals surface area contributed by atoms with Gasteiger partial charge in [-0.3, -0.25) is 0 Å². The van der Waals surface area contributed by atoms with Gasteiger partial charge in [0.15, 0.2) is 11.5 Å². The van der Waals surface area contributed by atoms with Crippen molar-refractivity contribution in [2.24, 2.45) is 0 Å². The minimum atomic E-state index is -4.82. The first-order valence-corrected chi connectivity index (χ1v) is 11.2. The fourth-order valence-electron chi connectivity index (χ4n) is 3.46. The summed E-state index contributed by atoms with van der Waals surface area (Å²) in [5.41, 5.74) is 0.429. The molecule has 0 atom stereocenters. The first kappa shape index (κ1) is 24.9. The Kier molecular flexibility index (Phi) is 7.90. The van der Waals surface area contributed by atoms with E-state index in [0.29, 0.717) is 5.56 Å². The van der Waals surface area contributed by atoms with Crippen LogP contribution < -0.4 is 9.47 Å². The van der Waals surface area contributed by atoms with Gasteiger partial charge < -0.3 is 14.2 Å². The molecule has 0 heterocycles. The van der Waals surface area contributed by atoms with E-state index in [1.807, 2.05) is 36.4 Å². The minimum Gasteiger partial charge on any atom is -0.485 e. The molecule has 0 N–H and O–H groups in total. The molecule has 7 heteroatoms. The summed E-state index contributed by atoms with van der Waals surface area (Å²) >= 11 is 0. The third-order valence-electron chi connectivity index (χ3n) is 5.30. The zero-order chi connectivity index (χ0) is 25.4. The van der Waals surface area contributed by atoms with Crippen LogP contribution in [0.15, 0.2) is 103 Å². The third-order valence-corrected chi connectivity index (χ3v) is 5.30. The number of rotatable bonds is 9. The van der Waals surface area contributed by atoms with Crippen LogP contribution in [0.1, 0.15) is 32.6 Å². The Bertz CT molecular complexity index is 1270. The Morgan fingerprint density at radius 1 is 0.611 bits per heavy atom. The summed E-state index contributed by atoms with van der Waals surface area (Å²) in [6.45, 7) is -0.0620. The van der Waals surface area contributed by atoms with E-state index < -0.39 is 23.3 Å². The maximum Gasteiger partial charge on any atom is 0.417 e. The molecule has 184 valence electrons. The predicted octanol–water partition coefficient (Wildman–Crippen LogP) is 7.22. The number of halogens is 3. The fourth-order valence-corrected chi connectivity index (χ4v) is 3.46. The van der Waals surface area contributed by atoms with Crippen molar-refractivity contribution in [3.63, 3.8) is 0 Å². The molecule has 0 saturated carbocycles. The van der Waals surface area contributed by atoms with Crippen LogP contribution in [-0.4, -0.2) is 5.97 Å². The maximum atomic E-state index is 14.0. The van der Waals surface area contributed by atoms with E-state index in [2.05, 4.69) is 0 Å². The van der Waals surface area contributed by atoms with E-state index in [1.165, 1.54) is 0 Å².